The van der Waals surface area contributed by atoms with Gasteiger partial charge in [-0.05, 0) is 30.3 Å². The second kappa shape index (κ2) is 4.63. The molecular weight excluding hydrogens is 246 g/mol. The van der Waals surface area contributed by atoms with Crippen LogP contribution in [0.5, 0.6) is 0 Å². The van der Waals surface area contributed by atoms with Crippen LogP contribution in [0.15, 0.2) is 42.5 Å². The predicted octanol–water partition coefficient (Wildman–Crippen LogP) is 3.85. The SMILES string of the molecule is O=C(c1cc(F)ccc1F)c1ccccc1Cl. The summed E-state index contributed by atoms with van der Waals surface area (Å²) in [7, 11) is 0. The number of hydrogen-bond donors (Lipinski definition) is 0. The zero-order valence-electron chi connectivity index (χ0n) is 8.58. The molecule has 0 bridgehead atoms. The van der Waals surface area contributed by atoms with Crippen LogP contribution in [0.3, 0.4) is 0 Å². The molecule has 2 aromatic carbocycles. The van der Waals surface area contributed by atoms with Gasteiger partial charge in [-0.1, -0.05) is 23.7 Å². The van der Waals surface area contributed by atoms with Crippen LogP contribution in [0.1, 0.15) is 15.9 Å². The Hall–Kier alpha value is -1.74. The lowest BCUT2D eigenvalue weighted by atomic mass is 10.0. The molecule has 0 heterocycles. The summed E-state index contributed by atoms with van der Waals surface area (Å²) >= 11 is 5.82. The second-order valence-electron chi connectivity index (χ2n) is 3.43. The zero-order valence-corrected chi connectivity index (χ0v) is 9.34. The lowest BCUT2D eigenvalue weighted by molar-refractivity contribution is 0.103. The molecule has 0 amide bonds. The molecular formula is C13H7ClF2O. The van der Waals surface area contributed by atoms with Crippen molar-refractivity contribution >= 4 is 17.4 Å². The highest BCUT2D eigenvalue weighted by Crippen LogP contribution is 2.21. The highest BCUT2D eigenvalue weighted by Gasteiger charge is 2.16. The van der Waals surface area contributed by atoms with E-state index < -0.39 is 17.4 Å². The molecule has 0 N–H and O–H groups in total. The number of ketones is 1. The number of halogens is 3. The lowest BCUT2D eigenvalue weighted by Crippen LogP contribution is -2.05. The van der Waals surface area contributed by atoms with Crippen LogP contribution >= 0.6 is 11.6 Å². The van der Waals surface area contributed by atoms with Gasteiger partial charge in [0.25, 0.3) is 0 Å². The predicted molar refractivity (Wildman–Crippen MR) is 61.2 cm³/mol. The maximum Gasteiger partial charge on any atom is 0.197 e. The molecule has 2 rings (SSSR count). The van der Waals surface area contributed by atoms with Gasteiger partial charge in [-0.25, -0.2) is 8.78 Å². The molecule has 4 heteroatoms. The van der Waals surface area contributed by atoms with E-state index in [-0.39, 0.29) is 16.1 Å². The van der Waals surface area contributed by atoms with Gasteiger partial charge in [0.15, 0.2) is 5.78 Å². The smallest absolute Gasteiger partial charge is 0.197 e. The summed E-state index contributed by atoms with van der Waals surface area (Å²) in [6, 6.07) is 8.98. The van der Waals surface area contributed by atoms with E-state index in [2.05, 4.69) is 0 Å². The quantitative estimate of drug-likeness (QED) is 0.742. The Labute approximate surface area is 102 Å². The van der Waals surface area contributed by atoms with Crippen molar-refractivity contribution in [3.8, 4) is 0 Å². The first-order valence-corrected chi connectivity index (χ1v) is 5.21. The van der Waals surface area contributed by atoms with Gasteiger partial charge < -0.3 is 0 Å². The van der Waals surface area contributed by atoms with Crippen LogP contribution in [-0.2, 0) is 0 Å². The molecule has 0 aliphatic rings. The molecule has 0 saturated heterocycles. The summed E-state index contributed by atoms with van der Waals surface area (Å²) in [5.74, 6) is -2.06. The van der Waals surface area contributed by atoms with E-state index in [9.17, 15) is 13.6 Å². The largest absolute Gasteiger partial charge is 0.288 e. The van der Waals surface area contributed by atoms with Gasteiger partial charge in [-0.15, -0.1) is 0 Å². The number of hydrogen-bond acceptors (Lipinski definition) is 1. The van der Waals surface area contributed by atoms with Gasteiger partial charge in [-0.2, -0.15) is 0 Å². The molecule has 0 unspecified atom stereocenters. The van der Waals surface area contributed by atoms with E-state index >= 15 is 0 Å². The minimum Gasteiger partial charge on any atom is -0.288 e. The highest BCUT2D eigenvalue weighted by molar-refractivity contribution is 6.34. The average Bonchev–Trinajstić information content (AvgIpc) is 2.32. The van der Waals surface area contributed by atoms with Crippen molar-refractivity contribution in [3.63, 3.8) is 0 Å². The minimum absolute atomic E-state index is 0.152. The molecule has 0 spiro atoms. The van der Waals surface area contributed by atoms with Crippen molar-refractivity contribution in [1.82, 2.24) is 0 Å². The van der Waals surface area contributed by atoms with Crippen LogP contribution in [0.25, 0.3) is 0 Å². The Kier molecular flexibility index (Phi) is 3.20. The summed E-state index contributed by atoms with van der Waals surface area (Å²) < 4.78 is 26.4. The fourth-order valence-electron chi connectivity index (χ4n) is 1.46. The number of carbonyl (C=O) groups excluding carboxylic acids is 1. The number of benzene rings is 2. The van der Waals surface area contributed by atoms with E-state index in [0.29, 0.717) is 0 Å². The first kappa shape index (κ1) is 11.7. The fourth-order valence-corrected chi connectivity index (χ4v) is 1.68. The molecule has 17 heavy (non-hydrogen) atoms. The molecule has 0 aliphatic heterocycles. The lowest BCUT2D eigenvalue weighted by Gasteiger charge is -2.04. The molecule has 86 valence electrons. The van der Waals surface area contributed by atoms with Gasteiger partial charge in [0.2, 0.25) is 0 Å². The van der Waals surface area contributed by atoms with Crippen LogP contribution < -0.4 is 0 Å². The Morgan fingerprint density at radius 1 is 1.00 bits per heavy atom. The summed E-state index contributed by atoms with van der Waals surface area (Å²) in [5, 5.41) is 0.209. The van der Waals surface area contributed by atoms with Crippen LogP contribution in [0.4, 0.5) is 8.78 Å². The summed E-state index contributed by atoms with van der Waals surface area (Å²) in [6.45, 7) is 0. The molecule has 1 nitrogen and oxygen atoms in total. The van der Waals surface area contributed by atoms with Gasteiger partial charge in [0.05, 0.1) is 10.6 Å². The van der Waals surface area contributed by atoms with E-state index in [1.807, 2.05) is 0 Å². The molecule has 2 aromatic rings. The van der Waals surface area contributed by atoms with Crippen LogP contribution in [-0.4, -0.2) is 5.78 Å². The third-order valence-electron chi connectivity index (χ3n) is 2.29. The molecule has 0 fully saturated rings. The molecule has 0 aliphatic carbocycles. The van der Waals surface area contributed by atoms with Gasteiger partial charge in [-0.3, -0.25) is 4.79 Å². The van der Waals surface area contributed by atoms with Crippen molar-refractivity contribution in [3.05, 3.63) is 70.2 Å². The van der Waals surface area contributed by atoms with Gasteiger partial charge >= 0.3 is 0 Å². The van der Waals surface area contributed by atoms with Gasteiger partial charge in [0.1, 0.15) is 11.6 Å². The average molecular weight is 253 g/mol. The second-order valence-corrected chi connectivity index (χ2v) is 3.84. The first-order chi connectivity index (χ1) is 8.09. The first-order valence-electron chi connectivity index (χ1n) is 4.84. The van der Waals surface area contributed by atoms with E-state index in [0.717, 1.165) is 18.2 Å². The molecule has 0 radical (unpaired) electrons. The van der Waals surface area contributed by atoms with Crippen LogP contribution in [0.2, 0.25) is 5.02 Å². The molecule has 0 atom stereocenters. The normalized spacial score (nSPS) is 10.3. The highest BCUT2D eigenvalue weighted by atomic mass is 35.5. The maximum atomic E-state index is 13.4. The van der Waals surface area contributed by atoms with Crippen molar-refractivity contribution in [2.75, 3.05) is 0 Å². The Bertz CT molecular complexity index is 581. The van der Waals surface area contributed by atoms with E-state index in [4.69, 9.17) is 11.6 Å². The number of rotatable bonds is 2. The monoisotopic (exact) mass is 252 g/mol. The van der Waals surface area contributed by atoms with Crippen molar-refractivity contribution in [2.24, 2.45) is 0 Å². The topological polar surface area (TPSA) is 17.1 Å². The van der Waals surface area contributed by atoms with Crippen molar-refractivity contribution in [2.45, 2.75) is 0 Å². The van der Waals surface area contributed by atoms with Crippen molar-refractivity contribution in [1.29, 1.82) is 0 Å². The Balaban J connectivity index is 2.51. The summed E-state index contributed by atoms with van der Waals surface area (Å²) in [5.41, 5.74) is -0.170. The molecule has 0 saturated carbocycles. The minimum atomic E-state index is -0.767. The van der Waals surface area contributed by atoms with Crippen LogP contribution in [0, 0.1) is 11.6 Å². The Morgan fingerprint density at radius 2 is 1.71 bits per heavy atom. The van der Waals surface area contributed by atoms with Gasteiger partial charge in [0, 0.05) is 5.56 Å². The fraction of sp³-hybridized carbons (Fsp3) is 0. The third-order valence-corrected chi connectivity index (χ3v) is 2.62. The van der Waals surface area contributed by atoms with Crippen molar-refractivity contribution < 1.29 is 13.6 Å². The molecule has 0 aromatic heterocycles. The van der Waals surface area contributed by atoms with E-state index in [1.165, 1.54) is 12.1 Å². The maximum absolute atomic E-state index is 13.4. The Morgan fingerprint density at radius 3 is 2.41 bits per heavy atom. The third kappa shape index (κ3) is 2.34. The summed E-state index contributed by atoms with van der Waals surface area (Å²) in [4.78, 5) is 11.9. The zero-order chi connectivity index (χ0) is 12.4. The standard InChI is InChI=1S/C13H7ClF2O/c14-11-4-2-1-3-9(11)13(17)10-7-8(15)5-6-12(10)16/h1-7H. The summed E-state index contributed by atoms with van der Waals surface area (Å²) in [6.07, 6.45) is 0. The number of carbonyl (C=O) groups is 1. The van der Waals surface area contributed by atoms with E-state index in [1.54, 1.807) is 12.1 Å².